The van der Waals surface area contributed by atoms with E-state index in [9.17, 15) is 9.59 Å². The van der Waals surface area contributed by atoms with Gasteiger partial charge >= 0.3 is 12.0 Å². The molecule has 6 heteroatoms. The van der Waals surface area contributed by atoms with E-state index in [0.717, 1.165) is 25.9 Å². The predicted molar refractivity (Wildman–Crippen MR) is 66.4 cm³/mol. The van der Waals surface area contributed by atoms with Crippen molar-refractivity contribution in [3.8, 4) is 0 Å². The number of carbonyl (C=O) groups is 2. The number of nitrogens with zero attached hydrogens (tertiary/aromatic N) is 1. The van der Waals surface area contributed by atoms with Gasteiger partial charge in [0, 0.05) is 26.7 Å². The Morgan fingerprint density at radius 3 is 2.56 bits per heavy atom. The molecule has 1 aliphatic heterocycles. The monoisotopic (exact) mass is 258 g/mol. The molecule has 1 heterocycles. The number of carbonyl (C=O) groups excluding carboxylic acids is 1. The molecule has 1 unspecified atom stereocenters. The van der Waals surface area contributed by atoms with Crippen LogP contribution in [-0.4, -0.2) is 54.9 Å². The van der Waals surface area contributed by atoms with Crippen LogP contribution in [0.25, 0.3) is 0 Å². The third kappa shape index (κ3) is 4.91. The van der Waals surface area contributed by atoms with E-state index in [-0.39, 0.29) is 19.0 Å². The number of amides is 2. The summed E-state index contributed by atoms with van der Waals surface area (Å²) in [5, 5.41) is 11.4. The first-order valence-corrected chi connectivity index (χ1v) is 6.30. The Hall–Kier alpha value is -1.30. The summed E-state index contributed by atoms with van der Waals surface area (Å²) in [7, 11) is 1.45. The number of hydrogen-bond acceptors (Lipinski definition) is 3. The maximum absolute atomic E-state index is 11.8. The summed E-state index contributed by atoms with van der Waals surface area (Å²) < 4.78 is 5.00. The molecular weight excluding hydrogens is 236 g/mol. The lowest BCUT2D eigenvalue weighted by Crippen LogP contribution is -2.46. The van der Waals surface area contributed by atoms with Crippen LogP contribution in [0.1, 0.15) is 26.2 Å². The fourth-order valence-electron chi connectivity index (χ4n) is 1.96. The fraction of sp³-hybridized carbons (Fsp3) is 0.833. The van der Waals surface area contributed by atoms with Crippen molar-refractivity contribution in [3.63, 3.8) is 0 Å². The highest BCUT2D eigenvalue weighted by molar-refractivity contribution is 5.74. The van der Waals surface area contributed by atoms with Gasteiger partial charge in [-0.25, -0.2) is 4.79 Å². The van der Waals surface area contributed by atoms with Crippen molar-refractivity contribution >= 4 is 12.0 Å². The van der Waals surface area contributed by atoms with Crippen molar-refractivity contribution in [2.75, 3.05) is 26.7 Å². The minimum Gasteiger partial charge on any atom is -0.481 e. The first-order chi connectivity index (χ1) is 8.52. The maximum Gasteiger partial charge on any atom is 0.317 e. The zero-order chi connectivity index (χ0) is 13.5. The topological polar surface area (TPSA) is 78.9 Å². The van der Waals surface area contributed by atoms with E-state index in [1.54, 1.807) is 4.90 Å². The van der Waals surface area contributed by atoms with Crippen molar-refractivity contribution in [1.29, 1.82) is 0 Å². The summed E-state index contributed by atoms with van der Waals surface area (Å²) in [6.45, 7) is 3.95. The van der Waals surface area contributed by atoms with E-state index in [4.69, 9.17) is 9.84 Å². The number of likely N-dealkylation sites (tertiary alicyclic amines) is 1. The molecule has 6 nitrogen and oxygen atoms in total. The highest BCUT2D eigenvalue weighted by atomic mass is 16.5. The average Bonchev–Trinajstić information content (AvgIpc) is 2.34. The molecule has 1 fully saturated rings. The molecule has 1 rings (SSSR count). The number of hydrogen-bond donors (Lipinski definition) is 2. The van der Waals surface area contributed by atoms with E-state index in [1.807, 2.05) is 0 Å². The smallest absolute Gasteiger partial charge is 0.317 e. The van der Waals surface area contributed by atoms with Crippen LogP contribution in [0.2, 0.25) is 0 Å². The molecule has 0 spiro atoms. The Labute approximate surface area is 107 Å². The molecule has 0 saturated carbocycles. The van der Waals surface area contributed by atoms with Gasteiger partial charge < -0.3 is 20.1 Å². The van der Waals surface area contributed by atoms with Crippen molar-refractivity contribution in [2.24, 2.45) is 5.92 Å². The molecule has 0 bridgehead atoms. The summed E-state index contributed by atoms with van der Waals surface area (Å²) in [6.07, 6.45) is 1.47. The van der Waals surface area contributed by atoms with Crippen LogP contribution in [0.3, 0.4) is 0 Å². The zero-order valence-electron chi connectivity index (χ0n) is 11.0. The molecule has 0 aromatic rings. The number of carboxylic acid groups (broad SMARTS) is 1. The number of methoxy groups -OCH3 is 1. The molecule has 2 N–H and O–H groups in total. The summed E-state index contributed by atoms with van der Waals surface area (Å²) in [4.78, 5) is 24.1. The lowest BCUT2D eigenvalue weighted by molar-refractivity contribution is -0.139. The van der Waals surface area contributed by atoms with Gasteiger partial charge in [0.15, 0.2) is 0 Å². The summed E-state index contributed by atoms with van der Waals surface area (Å²) >= 11 is 0. The SMILES string of the molecule is COC(CNC(=O)N1CCC(C)CC1)CC(=O)O. The Balaban J connectivity index is 2.29. The Kier molecular flexibility index (Phi) is 5.91. The van der Waals surface area contributed by atoms with Gasteiger partial charge in [0.1, 0.15) is 0 Å². The Morgan fingerprint density at radius 1 is 1.44 bits per heavy atom. The lowest BCUT2D eigenvalue weighted by Gasteiger charge is -2.30. The summed E-state index contributed by atoms with van der Waals surface area (Å²) in [5.41, 5.74) is 0. The van der Waals surface area contributed by atoms with Crippen molar-refractivity contribution < 1.29 is 19.4 Å². The minimum absolute atomic E-state index is 0.103. The molecule has 104 valence electrons. The molecule has 0 radical (unpaired) electrons. The van der Waals surface area contributed by atoms with E-state index in [0.29, 0.717) is 5.92 Å². The van der Waals surface area contributed by atoms with Crippen LogP contribution >= 0.6 is 0 Å². The number of urea groups is 1. The summed E-state index contributed by atoms with van der Waals surface area (Å²) in [5.74, 6) is -0.254. The van der Waals surface area contributed by atoms with Crippen molar-refractivity contribution in [1.82, 2.24) is 10.2 Å². The Morgan fingerprint density at radius 2 is 2.06 bits per heavy atom. The lowest BCUT2D eigenvalue weighted by atomic mass is 10.00. The molecular formula is C12H22N2O4. The van der Waals surface area contributed by atoms with Crippen molar-refractivity contribution in [2.45, 2.75) is 32.3 Å². The highest BCUT2D eigenvalue weighted by Crippen LogP contribution is 2.15. The maximum atomic E-state index is 11.8. The first kappa shape index (κ1) is 14.8. The number of rotatable bonds is 5. The normalized spacial score (nSPS) is 18.4. The third-order valence-corrected chi connectivity index (χ3v) is 3.29. The number of aliphatic carboxylic acids is 1. The quantitative estimate of drug-likeness (QED) is 0.768. The third-order valence-electron chi connectivity index (χ3n) is 3.29. The number of ether oxygens (including phenoxy) is 1. The van der Waals surface area contributed by atoms with Crippen molar-refractivity contribution in [3.05, 3.63) is 0 Å². The van der Waals surface area contributed by atoms with Gasteiger partial charge in [-0.15, -0.1) is 0 Å². The highest BCUT2D eigenvalue weighted by Gasteiger charge is 2.21. The van der Waals surface area contributed by atoms with Gasteiger partial charge in [0.2, 0.25) is 0 Å². The molecule has 0 aliphatic carbocycles. The molecule has 1 atom stereocenters. The second kappa shape index (κ2) is 7.20. The molecule has 1 saturated heterocycles. The summed E-state index contributed by atoms with van der Waals surface area (Å²) in [6, 6.07) is -0.130. The molecule has 0 aromatic carbocycles. The van der Waals surface area contributed by atoms with Crippen LogP contribution in [-0.2, 0) is 9.53 Å². The van der Waals surface area contributed by atoms with E-state index in [1.165, 1.54) is 7.11 Å². The largest absolute Gasteiger partial charge is 0.481 e. The second-order valence-electron chi connectivity index (χ2n) is 4.81. The van der Waals surface area contributed by atoms with Gasteiger partial charge in [-0.3, -0.25) is 4.79 Å². The van der Waals surface area contributed by atoms with Gasteiger partial charge in [0.05, 0.1) is 12.5 Å². The van der Waals surface area contributed by atoms with Crippen LogP contribution in [0.4, 0.5) is 4.79 Å². The van der Waals surface area contributed by atoms with Gasteiger partial charge in [0.25, 0.3) is 0 Å². The van der Waals surface area contributed by atoms with Gasteiger partial charge in [-0.1, -0.05) is 6.92 Å². The number of piperidine rings is 1. The van der Waals surface area contributed by atoms with Crippen LogP contribution in [0.15, 0.2) is 0 Å². The standard InChI is InChI=1S/C12H22N2O4/c1-9-3-5-14(6-4-9)12(17)13-8-10(18-2)7-11(15)16/h9-10H,3-8H2,1-2H3,(H,13,17)(H,15,16). The molecule has 2 amide bonds. The second-order valence-corrected chi connectivity index (χ2v) is 4.81. The van der Waals surface area contributed by atoms with E-state index >= 15 is 0 Å². The van der Waals surface area contributed by atoms with Crippen LogP contribution in [0.5, 0.6) is 0 Å². The Bertz CT molecular complexity index is 288. The minimum atomic E-state index is -0.928. The van der Waals surface area contributed by atoms with E-state index < -0.39 is 12.1 Å². The zero-order valence-corrected chi connectivity index (χ0v) is 11.0. The molecule has 0 aromatic heterocycles. The van der Waals surface area contributed by atoms with Gasteiger partial charge in [-0.2, -0.15) is 0 Å². The van der Waals surface area contributed by atoms with E-state index in [2.05, 4.69) is 12.2 Å². The van der Waals surface area contributed by atoms with Gasteiger partial charge in [-0.05, 0) is 18.8 Å². The average molecular weight is 258 g/mol. The van der Waals surface area contributed by atoms with Crippen LogP contribution < -0.4 is 5.32 Å². The predicted octanol–water partition coefficient (Wildman–Crippen LogP) is 0.918. The van der Waals surface area contributed by atoms with Crippen LogP contribution in [0, 0.1) is 5.92 Å². The molecule has 18 heavy (non-hydrogen) atoms. The first-order valence-electron chi connectivity index (χ1n) is 6.30. The molecule has 1 aliphatic rings. The number of nitrogens with one attached hydrogen (secondary N) is 1. The number of carboxylic acids is 1. The fourth-order valence-corrected chi connectivity index (χ4v) is 1.96.